The van der Waals surface area contributed by atoms with Gasteiger partial charge in [-0.1, -0.05) is 24.4 Å². The minimum atomic E-state index is 0.836. The molecule has 0 bridgehead atoms. The second-order valence-electron chi connectivity index (χ2n) is 2.16. The molecule has 0 fully saturated rings. The highest BCUT2D eigenvalue weighted by molar-refractivity contribution is 7.79. The third-order valence-corrected chi connectivity index (χ3v) is 1.76. The van der Waals surface area contributed by atoms with Crippen molar-refractivity contribution < 1.29 is 0 Å². The predicted molar refractivity (Wildman–Crippen MR) is 46.6 cm³/mol. The monoisotopic (exact) mass is 163 g/mol. The van der Waals surface area contributed by atoms with E-state index in [-0.39, 0.29) is 0 Å². The van der Waals surface area contributed by atoms with Crippen molar-refractivity contribution in [3.8, 4) is 0 Å². The predicted octanol–water partition coefficient (Wildman–Crippen LogP) is 1.31. The first-order chi connectivity index (χ1) is 5.42. The lowest BCUT2D eigenvalue weighted by Crippen LogP contribution is -1.79. The number of aromatic nitrogens is 3. The van der Waals surface area contributed by atoms with Crippen LogP contribution in [0.3, 0.4) is 0 Å². The zero-order valence-corrected chi connectivity index (χ0v) is 6.43. The Labute approximate surface area is 68.4 Å². The van der Waals surface area contributed by atoms with E-state index in [2.05, 4.69) is 15.4 Å². The summed E-state index contributed by atoms with van der Waals surface area (Å²) in [6, 6.07) is 5.71. The number of fused-ring (bicyclic) bond motifs is 1. The average molecular weight is 163 g/mol. The van der Waals surface area contributed by atoms with E-state index in [1.54, 1.807) is 5.37 Å². The summed E-state index contributed by atoms with van der Waals surface area (Å²) >= 11 is 4.81. The molecule has 1 aromatic heterocycles. The maximum Gasteiger partial charge on any atom is 0.121 e. The Morgan fingerprint density at radius 3 is 3.09 bits per heavy atom. The van der Waals surface area contributed by atoms with E-state index in [4.69, 9.17) is 12.2 Å². The van der Waals surface area contributed by atoms with Crippen LogP contribution < -0.4 is 0 Å². The lowest BCUT2D eigenvalue weighted by atomic mass is 10.2. The fourth-order valence-electron chi connectivity index (χ4n) is 0.985. The molecule has 11 heavy (non-hydrogen) atoms. The second-order valence-corrected chi connectivity index (χ2v) is 2.39. The molecule has 2 aromatic rings. The van der Waals surface area contributed by atoms with E-state index in [1.807, 2.05) is 18.2 Å². The Hall–Kier alpha value is -1.29. The standard InChI is InChI=1S/C7H5N3S/c11-4-5-2-1-3-6-7(5)9-10-8-6/h1-4H,(H,8,9,10). The number of nitrogens with one attached hydrogen (secondary N) is 1. The molecule has 0 amide bonds. The Kier molecular flexibility index (Phi) is 1.40. The van der Waals surface area contributed by atoms with Gasteiger partial charge in [0.15, 0.2) is 0 Å². The molecule has 0 radical (unpaired) electrons. The van der Waals surface area contributed by atoms with Gasteiger partial charge in [-0.3, -0.25) is 0 Å². The van der Waals surface area contributed by atoms with E-state index in [0.717, 1.165) is 16.6 Å². The van der Waals surface area contributed by atoms with Gasteiger partial charge in [0.05, 0.1) is 0 Å². The lowest BCUT2D eigenvalue weighted by molar-refractivity contribution is 0.959. The molecule has 0 saturated heterocycles. The molecule has 0 aliphatic rings. The lowest BCUT2D eigenvalue weighted by Gasteiger charge is -1.89. The maximum atomic E-state index is 4.81. The van der Waals surface area contributed by atoms with Crippen LogP contribution in [0.15, 0.2) is 18.2 Å². The van der Waals surface area contributed by atoms with E-state index in [1.165, 1.54) is 0 Å². The first-order valence-corrected chi connectivity index (χ1v) is 3.63. The Bertz CT molecular complexity index is 393. The van der Waals surface area contributed by atoms with Gasteiger partial charge < -0.3 is 0 Å². The molecule has 0 saturated carbocycles. The van der Waals surface area contributed by atoms with Crippen molar-refractivity contribution in [1.29, 1.82) is 0 Å². The van der Waals surface area contributed by atoms with Crippen LogP contribution in [0.2, 0.25) is 0 Å². The number of hydrogen-bond acceptors (Lipinski definition) is 3. The normalized spacial score (nSPS) is 10.2. The summed E-state index contributed by atoms with van der Waals surface area (Å²) in [4.78, 5) is 0. The number of nitrogens with zero attached hydrogens (tertiary/aromatic N) is 2. The first-order valence-electron chi connectivity index (χ1n) is 3.16. The Morgan fingerprint density at radius 1 is 1.36 bits per heavy atom. The van der Waals surface area contributed by atoms with Crippen molar-refractivity contribution in [3.63, 3.8) is 0 Å². The molecule has 0 atom stereocenters. The smallest absolute Gasteiger partial charge is 0.121 e. The molecule has 4 heteroatoms. The van der Waals surface area contributed by atoms with Gasteiger partial charge >= 0.3 is 0 Å². The summed E-state index contributed by atoms with van der Waals surface area (Å²) in [5, 5.41) is 12.0. The summed E-state index contributed by atoms with van der Waals surface area (Å²) in [5.74, 6) is 0. The van der Waals surface area contributed by atoms with E-state index in [9.17, 15) is 0 Å². The number of H-pyrrole nitrogens is 1. The molecule has 0 spiro atoms. The number of thiocarbonyl (C=S) groups is 1. The number of aromatic amines is 1. The van der Waals surface area contributed by atoms with Gasteiger partial charge in [-0.05, 0) is 6.07 Å². The number of rotatable bonds is 1. The second kappa shape index (κ2) is 2.39. The summed E-state index contributed by atoms with van der Waals surface area (Å²) in [6.07, 6.45) is 0. The van der Waals surface area contributed by atoms with Crippen molar-refractivity contribution in [3.05, 3.63) is 23.8 Å². The molecule has 3 nitrogen and oxygen atoms in total. The molecule has 2 rings (SSSR count). The van der Waals surface area contributed by atoms with Crippen molar-refractivity contribution in [2.24, 2.45) is 0 Å². The molecule has 0 aliphatic heterocycles. The van der Waals surface area contributed by atoms with E-state index < -0.39 is 0 Å². The van der Waals surface area contributed by atoms with Gasteiger partial charge in [0, 0.05) is 10.9 Å². The van der Waals surface area contributed by atoms with Gasteiger partial charge in [0.1, 0.15) is 11.0 Å². The van der Waals surface area contributed by atoms with Gasteiger partial charge in [-0.2, -0.15) is 15.4 Å². The van der Waals surface area contributed by atoms with Gasteiger partial charge in [-0.15, -0.1) is 0 Å². The minimum absolute atomic E-state index is 0.836. The molecule has 0 aliphatic carbocycles. The van der Waals surface area contributed by atoms with Gasteiger partial charge in [-0.25, -0.2) is 0 Å². The first kappa shape index (κ1) is 6.42. The molecule has 1 heterocycles. The van der Waals surface area contributed by atoms with Crippen molar-refractivity contribution in [2.45, 2.75) is 0 Å². The Morgan fingerprint density at radius 2 is 2.27 bits per heavy atom. The Balaban J connectivity index is 2.88. The minimum Gasteiger partial charge on any atom is -0.197 e. The van der Waals surface area contributed by atoms with Crippen LogP contribution in [0.1, 0.15) is 5.56 Å². The highest BCUT2D eigenvalue weighted by atomic mass is 32.1. The van der Waals surface area contributed by atoms with Crippen LogP contribution in [-0.2, 0) is 0 Å². The quantitative estimate of drug-likeness (QED) is 0.644. The van der Waals surface area contributed by atoms with Crippen LogP contribution in [0.5, 0.6) is 0 Å². The van der Waals surface area contributed by atoms with Crippen LogP contribution in [0, 0.1) is 0 Å². The van der Waals surface area contributed by atoms with Crippen LogP contribution >= 0.6 is 12.2 Å². The molecular weight excluding hydrogens is 158 g/mol. The maximum absolute atomic E-state index is 4.81. The summed E-state index contributed by atoms with van der Waals surface area (Å²) in [6.45, 7) is 0. The van der Waals surface area contributed by atoms with E-state index in [0.29, 0.717) is 0 Å². The summed E-state index contributed by atoms with van der Waals surface area (Å²) in [5.41, 5.74) is 2.62. The number of hydrogen-bond donors (Lipinski definition) is 1. The molecule has 1 N–H and O–H groups in total. The summed E-state index contributed by atoms with van der Waals surface area (Å²) in [7, 11) is 0. The van der Waals surface area contributed by atoms with Crippen LogP contribution in [0.25, 0.3) is 11.0 Å². The van der Waals surface area contributed by atoms with Gasteiger partial charge in [0.25, 0.3) is 0 Å². The van der Waals surface area contributed by atoms with Crippen LogP contribution in [0.4, 0.5) is 0 Å². The fourth-order valence-corrected chi connectivity index (χ4v) is 1.17. The molecular formula is C7H5N3S. The molecule has 0 unspecified atom stereocenters. The topological polar surface area (TPSA) is 41.6 Å². The zero-order valence-electron chi connectivity index (χ0n) is 5.61. The number of benzene rings is 1. The van der Waals surface area contributed by atoms with Crippen LogP contribution in [-0.4, -0.2) is 20.8 Å². The van der Waals surface area contributed by atoms with E-state index >= 15 is 0 Å². The van der Waals surface area contributed by atoms with Crippen molar-refractivity contribution >= 4 is 28.6 Å². The highest BCUT2D eigenvalue weighted by Crippen LogP contribution is 2.10. The van der Waals surface area contributed by atoms with Crippen molar-refractivity contribution in [1.82, 2.24) is 15.4 Å². The highest BCUT2D eigenvalue weighted by Gasteiger charge is 1.99. The van der Waals surface area contributed by atoms with Gasteiger partial charge in [0.2, 0.25) is 0 Å². The summed E-state index contributed by atoms with van der Waals surface area (Å²) < 4.78 is 0. The third kappa shape index (κ3) is 0.914. The SMILES string of the molecule is S=Cc1cccc2n[nH]nc12. The molecule has 1 aromatic carbocycles. The van der Waals surface area contributed by atoms with Crippen molar-refractivity contribution in [2.75, 3.05) is 0 Å². The number of para-hydroxylation sites is 1. The zero-order chi connectivity index (χ0) is 7.68. The third-order valence-electron chi connectivity index (χ3n) is 1.51. The molecule has 54 valence electrons. The largest absolute Gasteiger partial charge is 0.197 e. The average Bonchev–Trinajstić information content (AvgIpc) is 2.50. The fraction of sp³-hybridized carbons (Fsp3) is 0.